The number of aryl methyl sites for hydroxylation is 1. The van der Waals surface area contributed by atoms with E-state index in [0.29, 0.717) is 18.0 Å². The molecular weight excluding hydrogens is 324 g/mol. The second-order valence-corrected chi connectivity index (χ2v) is 6.68. The number of hydrogen-bond donors (Lipinski definition) is 0. The number of ether oxygens (including phenoxy) is 1. The summed E-state index contributed by atoms with van der Waals surface area (Å²) in [7, 11) is 0. The molecule has 0 aliphatic heterocycles. The molecule has 1 aromatic heterocycles. The molecule has 0 aliphatic rings. The van der Waals surface area contributed by atoms with Gasteiger partial charge in [0.05, 0.1) is 0 Å². The molecule has 140 valence electrons. The molecule has 0 radical (unpaired) electrons. The number of nitrogens with zero attached hydrogens (tertiary/aromatic N) is 2. The summed E-state index contributed by atoms with van der Waals surface area (Å²) in [5.41, 5.74) is 2.11. The highest BCUT2D eigenvalue weighted by atomic mass is 16.5. The Hall–Kier alpha value is -2.23. The Kier molecular flexibility index (Phi) is 8.81. The third-order valence-corrected chi connectivity index (χ3v) is 4.35. The van der Waals surface area contributed by atoms with Gasteiger partial charge < -0.3 is 4.74 Å². The van der Waals surface area contributed by atoms with E-state index in [1.807, 2.05) is 24.5 Å². The fourth-order valence-corrected chi connectivity index (χ4v) is 2.74. The Bertz CT molecular complexity index is 651. The zero-order chi connectivity index (χ0) is 18.6. The molecule has 0 amide bonds. The van der Waals surface area contributed by atoms with Crippen LogP contribution in [0.15, 0.2) is 36.7 Å². The predicted octanol–water partition coefficient (Wildman–Crippen LogP) is 5.75. The third kappa shape index (κ3) is 6.95. The summed E-state index contributed by atoms with van der Waals surface area (Å²) in [4.78, 5) is 20.6. The van der Waals surface area contributed by atoms with Crippen molar-refractivity contribution in [3.8, 4) is 17.1 Å². The van der Waals surface area contributed by atoms with E-state index in [0.717, 1.165) is 24.8 Å². The zero-order valence-corrected chi connectivity index (χ0v) is 16.0. The van der Waals surface area contributed by atoms with Gasteiger partial charge in [-0.3, -0.25) is 4.79 Å². The minimum atomic E-state index is -0.181. The maximum absolute atomic E-state index is 11.7. The van der Waals surface area contributed by atoms with Gasteiger partial charge in [-0.25, -0.2) is 9.97 Å². The smallest absolute Gasteiger partial charge is 0.311 e. The molecule has 0 aliphatic carbocycles. The molecule has 2 aromatic rings. The molecule has 0 atom stereocenters. The van der Waals surface area contributed by atoms with Crippen LogP contribution in [-0.2, 0) is 11.2 Å². The van der Waals surface area contributed by atoms with Crippen molar-refractivity contribution in [3.05, 3.63) is 42.2 Å². The number of benzene rings is 1. The minimum Gasteiger partial charge on any atom is -0.427 e. The molecule has 26 heavy (non-hydrogen) atoms. The lowest BCUT2D eigenvalue weighted by Gasteiger charge is -2.06. The zero-order valence-electron chi connectivity index (χ0n) is 16.0. The topological polar surface area (TPSA) is 52.1 Å². The Morgan fingerprint density at radius 2 is 1.54 bits per heavy atom. The van der Waals surface area contributed by atoms with E-state index in [4.69, 9.17) is 4.74 Å². The number of carbonyl (C=O) groups excluding carboxylic acids is 1. The Labute approximate surface area is 157 Å². The first kappa shape index (κ1) is 20.1. The van der Waals surface area contributed by atoms with Crippen LogP contribution in [0.3, 0.4) is 0 Å². The number of carbonyl (C=O) groups is 1. The fraction of sp³-hybridized carbons (Fsp3) is 0.500. The molecule has 0 saturated heterocycles. The Balaban J connectivity index is 1.85. The standard InChI is InChI=1S/C22H30N2O2/c1-3-5-7-8-9-10-18-16-23-22(24-17-18)19-12-14-20(15-13-19)26-21(25)11-6-4-2/h12-17H,3-11H2,1-2H3. The number of aromatic nitrogens is 2. The molecule has 0 spiro atoms. The number of rotatable bonds is 11. The number of esters is 1. The van der Waals surface area contributed by atoms with Crippen molar-refractivity contribution >= 4 is 5.97 Å². The van der Waals surface area contributed by atoms with E-state index < -0.39 is 0 Å². The van der Waals surface area contributed by atoms with Crippen molar-refractivity contribution in [1.82, 2.24) is 9.97 Å². The number of unbranched alkanes of at least 4 members (excludes halogenated alkanes) is 5. The first-order valence-electron chi connectivity index (χ1n) is 9.85. The average Bonchev–Trinajstić information content (AvgIpc) is 2.67. The highest BCUT2D eigenvalue weighted by molar-refractivity contribution is 5.72. The SMILES string of the molecule is CCCCCCCc1cnc(-c2ccc(OC(=O)CCCC)cc2)nc1. The van der Waals surface area contributed by atoms with Crippen LogP contribution in [0.1, 0.15) is 70.8 Å². The Morgan fingerprint density at radius 1 is 0.885 bits per heavy atom. The largest absolute Gasteiger partial charge is 0.427 e. The quantitative estimate of drug-likeness (QED) is 0.293. The van der Waals surface area contributed by atoms with Crippen LogP contribution < -0.4 is 4.74 Å². The molecule has 0 saturated carbocycles. The highest BCUT2D eigenvalue weighted by Crippen LogP contribution is 2.20. The highest BCUT2D eigenvalue weighted by Gasteiger charge is 2.06. The molecular formula is C22H30N2O2. The van der Waals surface area contributed by atoms with Crippen LogP contribution >= 0.6 is 0 Å². The second kappa shape index (κ2) is 11.4. The van der Waals surface area contributed by atoms with E-state index in [1.165, 1.54) is 37.7 Å². The predicted molar refractivity (Wildman–Crippen MR) is 105 cm³/mol. The van der Waals surface area contributed by atoms with Gasteiger partial charge in [-0.2, -0.15) is 0 Å². The van der Waals surface area contributed by atoms with Gasteiger partial charge in [0.15, 0.2) is 5.82 Å². The fourth-order valence-electron chi connectivity index (χ4n) is 2.74. The molecule has 4 nitrogen and oxygen atoms in total. The summed E-state index contributed by atoms with van der Waals surface area (Å²) in [5, 5.41) is 0. The maximum atomic E-state index is 11.7. The van der Waals surface area contributed by atoms with E-state index in [1.54, 1.807) is 12.1 Å². The normalized spacial score (nSPS) is 10.7. The van der Waals surface area contributed by atoms with Gasteiger partial charge in [0, 0.05) is 24.4 Å². The van der Waals surface area contributed by atoms with Crippen molar-refractivity contribution in [2.45, 2.75) is 71.6 Å². The van der Waals surface area contributed by atoms with Gasteiger partial charge in [-0.1, -0.05) is 46.0 Å². The summed E-state index contributed by atoms with van der Waals surface area (Å²) in [6, 6.07) is 7.37. The number of hydrogen-bond acceptors (Lipinski definition) is 4. The second-order valence-electron chi connectivity index (χ2n) is 6.68. The van der Waals surface area contributed by atoms with Crippen molar-refractivity contribution in [1.29, 1.82) is 0 Å². The van der Waals surface area contributed by atoms with Gasteiger partial charge in [-0.15, -0.1) is 0 Å². The molecule has 0 N–H and O–H groups in total. The first-order chi connectivity index (χ1) is 12.7. The third-order valence-electron chi connectivity index (χ3n) is 4.35. The van der Waals surface area contributed by atoms with Crippen LogP contribution in [0.4, 0.5) is 0 Å². The van der Waals surface area contributed by atoms with E-state index in [-0.39, 0.29) is 5.97 Å². The van der Waals surface area contributed by atoms with E-state index in [2.05, 4.69) is 23.8 Å². The summed E-state index contributed by atoms with van der Waals surface area (Å²) in [6.07, 6.45) is 13.5. The van der Waals surface area contributed by atoms with Gasteiger partial charge in [0.1, 0.15) is 5.75 Å². The van der Waals surface area contributed by atoms with Crippen molar-refractivity contribution in [3.63, 3.8) is 0 Å². The van der Waals surface area contributed by atoms with Crippen molar-refractivity contribution in [2.24, 2.45) is 0 Å². The van der Waals surface area contributed by atoms with Crippen LogP contribution in [0, 0.1) is 0 Å². The lowest BCUT2D eigenvalue weighted by molar-refractivity contribution is -0.134. The molecule has 2 rings (SSSR count). The van der Waals surface area contributed by atoms with Crippen LogP contribution in [0.2, 0.25) is 0 Å². The van der Waals surface area contributed by atoms with Gasteiger partial charge in [0.25, 0.3) is 0 Å². The van der Waals surface area contributed by atoms with Gasteiger partial charge in [-0.05, 0) is 49.1 Å². The van der Waals surface area contributed by atoms with Crippen LogP contribution in [0.25, 0.3) is 11.4 Å². The Morgan fingerprint density at radius 3 is 2.19 bits per heavy atom. The summed E-state index contributed by atoms with van der Waals surface area (Å²) in [6.45, 7) is 4.29. The van der Waals surface area contributed by atoms with Crippen LogP contribution in [0.5, 0.6) is 5.75 Å². The first-order valence-corrected chi connectivity index (χ1v) is 9.85. The monoisotopic (exact) mass is 354 g/mol. The summed E-state index contributed by atoms with van der Waals surface area (Å²) < 4.78 is 5.32. The van der Waals surface area contributed by atoms with Crippen molar-refractivity contribution in [2.75, 3.05) is 0 Å². The van der Waals surface area contributed by atoms with Crippen molar-refractivity contribution < 1.29 is 9.53 Å². The molecule has 0 bridgehead atoms. The maximum Gasteiger partial charge on any atom is 0.311 e. The van der Waals surface area contributed by atoms with Gasteiger partial charge in [0.2, 0.25) is 0 Å². The average molecular weight is 354 g/mol. The minimum absolute atomic E-state index is 0.181. The lowest BCUT2D eigenvalue weighted by atomic mass is 10.1. The molecule has 1 aromatic carbocycles. The summed E-state index contributed by atoms with van der Waals surface area (Å²) >= 11 is 0. The van der Waals surface area contributed by atoms with Gasteiger partial charge >= 0.3 is 5.97 Å². The molecule has 4 heteroatoms. The van der Waals surface area contributed by atoms with Crippen LogP contribution in [-0.4, -0.2) is 15.9 Å². The van der Waals surface area contributed by atoms with E-state index >= 15 is 0 Å². The lowest BCUT2D eigenvalue weighted by Crippen LogP contribution is -2.07. The summed E-state index contributed by atoms with van der Waals surface area (Å²) in [5.74, 6) is 1.08. The molecule has 1 heterocycles. The molecule has 0 unspecified atom stereocenters. The molecule has 0 fully saturated rings. The van der Waals surface area contributed by atoms with E-state index in [9.17, 15) is 4.79 Å².